The predicted molar refractivity (Wildman–Crippen MR) is 138 cm³/mol. The number of rotatable bonds is 11. The lowest BCUT2D eigenvalue weighted by Crippen LogP contribution is -2.49. The van der Waals surface area contributed by atoms with E-state index in [0.29, 0.717) is 42.0 Å². The Morgan fingerprint density at radius 3 is 2.53 bits per heavy atom. The van der Waals surface area contributed by atoms with Crippen LogP contribution in [0.2, 0.25) is 0 Å². The zero-order valence-electron chi connectivity index (χ0n) is 22.3. The molecule has 0 N–H and O–H groups in total. The summed E-state index contributed by atoms with van der Waals surface area (Å²) in [5, 5.41) is 0. The first kappa shape index (κ1) is 26.0. The van der Waals surface area contributed by atoms with Crippen molar-refractivity contribution < 1.29 is 14.3 Å². The highest BCUT2D eigenvalue weighted by molar-refractivity contribution is 5.91. The molecule has 192 valence electrons. The summed E-state index contributed by atoms with van der Waals surface area (Å²) in [6.07, 6.45) is 20.7. The van der Waals surface area contributed by atoms with Crippen molar-refractivity contribution in [1.82, 2.24) is 0 Å². The van der Waals surface area contributed by atoms with E-state index in [-0.39, 0.29) is 5.97 Å². The van der Waals surface area contributed by atoms with Crippen molar-refractivity contribution in [1.29, 1.82) is 0 Å². The molecule has 0 saturated heterocycles. The van der Waals surface area contributed by atoms with Gasteiger partial charge in [-0.25, -0.2) is 0 Å². The van der Waals surface area contributed by atoms with Crippen molar-refractivity contribution in [2.45, 2.75) is 124 Å². The van der Waals surface area contributed by atoms with Gasteiger partial charge in [-0.15, -0.1) is 0 Å². The normalized spacial score (nSPS) is 36.9. The van der Waals surface area contributed by atoms with Crippen LogP contribution >= 0.6 is 0 Å². The highest BCUT2D eigenvalue weighted by atomic mass is 16.5. The first-order chi connectivity index (χ1) is 16.4. The molecule has 0 aromatic carbocycles. The maximum atomic E-state index is 12.4. The van der Waals surface area contributed by atoms with Crippen LogP contribution in [0.4, 0.5) is 0 Å². The van der Waals surface area contributed by atoms with E-state index in [1.165, 1.54) is 69.8 Å². The van der Waals surface area contributed by atoms with Gasteiger partial charge in [0.05, 0.1) is 6.61 Å². The lowest BCUT2D eigenvalue weighted by molar-refractivity contribution is -0.147. The van der Waals surface area contributed by atoms with Gasteiger partial charge in [0.1, 0.15) is 0 Å². The average Bonchev–Trinajstić information content (AvgIpc) is 3.15. The summed E-state index contributed by atoms with van der Waals surface area (Å²) in [5.74, 6) is 4.55. The summed E-state index contributed by atoms with van der Waals surface area (Å²) in [5.41, 5.74) is 1.79. The minimum absolute atomic E-state index is 0.0272. The molecule has 7 atom stereocenters. The highest BCUT2D eigenvalue weighted by Gasteiger charge is 2.57. The zero-order valence-corrected chi connectivity index (χ0v) is 22.3. The van der Waals surface area contributed by atoms with Crippen LogP contribution in [0, 0.1) is 40.9 Å². The van der Waals surface area contributed by atoms with Gasteiger partial charge in [0, 0.05) is 12.8 Å². The van der Waals surface area contributed by atoms with Crippen LogP contribution in [0.3, 0.4) is 0 Å². The van der Waals surface area contributed by atoms with E-state index in [0.717, 1.165) is 49.9 Å². The van der Waals surface area contributed by atoms with E-state index >= 15 is 0 Å². The second-order valence-electron chi connectivity index (χ2n) is 12.6. The second kappa shape index (κ2) is 11.7. The fourth-order valence-electron chi connectivity index (χ4n) is 8.64. The number of allylic oxidation sites excluding steroid dienone is 1. The predicted octanol–water partition coefficient (Wildman–Crippen LogP) is 8.06. The lowest BCUT2D eigenvalue weighted by atomic mass is 9.49. The average molecular weight is 471 g/mol. The number of carbonyl (C=O) groups excluding carboxylic acids is 2. The smallest absolute Gasteiger partial charge is 0.305 e. The van der Waals surface area contributed by atoms with Gasteiger partial charge in [-0.2, -0.15) is 0 Å². The maximum Gasteiger partial charge on any atom is 0.305 e. The minimum Gasteiger partial charge on any atom is -0.465 e. The van der Waals surface area contributed by atoms with Crippen LogP contribution in [0.5, 0.6) is 0 Å². The summed E-state index contributed by atoms with van der Waals surface area (Å²) < 4.78 is 5.87. The fourth-order valence-corrected chi connectivity index (χ4v) is 8.64. The molecule has 3 fully saturated rings. The van der Waals surface area contributed by atoms with Crippen LogP contribution < -0.4 is 0 Å². The number of unbranched alkanes of at least 4 members (excludes halogenated alkanes) is 7. The molecular weight excluding hydrogens is 420 g/mol. The second-order valence-corrected chi connectivity index (χ2v) is 12.6. The quantitative estimate of drug-likeness (QED) is 0.226. The number of hydrogen-bond acceptors (Lipinski definition) is 3. The Morgan fingerprint density at radius 2 is 1.76 bits per heavy atom. The molecule has 34 heavy (non-hydrogen) atoms. The van der Waals surface area contributed by atoms with E-state index in [2.05, 4.69) is 20.8 Å². The molecule has 0 aliphatic heterocycles. The third-order valence-electron chi connectivity index (χ3n) is 10.5. The van der Waals surface area contributed by atoms with E-state index in [1.54, 1.807) is 0 Å². The summed E-state index contributed by atoms with van der Waals surface area (Å²) in [4.78, 5) is 24.5. The van der Waals surface area contributed by atoms with Gasteiger partial charge in [0.2, 0.25) is 0 Å². The molecule has 0 bridgehead atoms. The van der Waals surface area contributed by atoms with Crippen LogP contribution in [0.15, 0.2) is 11.6 Å². The zero-order chi connectivity index (χ0) is 24.1. The number of hydrogen-bond donors (Lipinski definition) is 0. The fraction of sp³-hybridized carbons (Fsp3) is 0.871. The molecule has 4 rings (SSSR count). The molecule has 3 nitrogen and oxygen atoms in total. The molecule has 0 aromatic rings. The largest absolute Gasteiger partial charge is 0.465 e. The lowest BCUT2D eigenvalue weighted by Gasteiger charge is -2.56. The number of esters is 1. The van der Waals surface area contributed by atoms with Crippen molar-refractivity contribution in [3.63, 3.8) is 0 Å². The van der Waals surface area contributed by atoms with Gasteiger partial charge in [0.25, 0.3) is 0 Å². The Hall–Kier alpha value is -1.12. The van der Waals surface area contributed by atoms with Gasteiger partial charge >= 0.3 is 5.97 Å². The summed E-state index contributed by atoms with van der Waals surface area (Å²) in [6.45, 7) is 7.85. The molecule has 0 heterocycles. The van der Waals surface area contributed by atoms with Crippen molar-refractivity contribution in [3.8, 4) is 0 Å². The number of fused-ring (bicyclic) bond motifs is 5. The van der Waals surface area contributed by atoms with Crippen molar-refractivity contribution in [2.24, 2.45) is 40.9 Å². The number of ether oxygens (including phenoxy) is 1. The van der Waals surface area contributed by atoms with E-state index in [9.17, 15) is 9.59 Å². The SMILES string of the molecule is CCCCCCCCCCC(=O)OC[C@@H]1CC[C@@H]2[C@H]3[C@H](CC[C@]12C)[C@H]1CCC(=O)C=C1C[C@H]3C. The molecule has 4 aliphatic carbocycles. The molecule has 0 unspecified atom stereocenters. The van der Waals surface area contributed by atoms with Crippen molar-refractivity contribution >= 4 is 11.8 Å². The third-order valence-corrected chi connectivity index (χ3v) is 10.5. The van der Waals surface area contributed by atoms with Gasteiger partial charge in [0.15, 0.2) is 5.78 Å². The summed E-state index contributed by atoms with van der Waals surface area (Å²) in [7, 11) is 0. The van der Waals surface area contributed by atoms with Crippen LogP contribution in [-0.4, -0.2) is 18.4 Å². The minimum atomic E-state index is 0.0272. The van der Waals surface area contributed by atoms with Crippen LogP contribution in [0.25, 0.3) is 0 Å². The molecule has 0 aromatic heterocycles. The summed E-state index contributed by atoms with van der Waals surface area (Å²) in [6, 6.07) is 0. The molecular formula is C31H50O3. The topological polar surface area (TPSA) is 43.4 Å². The molecule has 0 amide bonds. The van der Waals surface area contributed by atoms with Crippen LogP contribution in [0.1, 0.15) is 124 Å². The summed E-state index contributed by atoms with van der Waals surface area (Å²) >= 11 is 0. The maximum absolute atomic E-state index is 12.4. The Kier molecular flexibility index (Phi) is 8.97. The molecule has 3 heteroatoms. The Bertz CT molecular complexity index is 739. The monoisotopic (exact) mass is 470 g/mol. The molecule has 0 radical (unpaired) electrons. The standard InChI is InChI=1S/C31H50O3/c1-4-5-6-7-8-9-10-11-12-29(33)34-21-24-13-16-28-30-22(2)19-23-20-25(32)14-15-26(23)27(30)17-18-31(24,28)3/h20,22,24,26-28,30H,4-19,21H2,1-3H3/t22-,24+,26+,27-,28-,30-,31-/m1/s1. The number of carbonyl (C=O) groups is 2. The van der Waals surface area contributed by atoms with E-state index < -0.39 is 0 Å². The third kappa shape index (κ3) is 5.65. The van der Waals surface area contributed by atoms with E-state index in [1.807, 2.05) is 6.08 Å². The van der Waals surface area contributed by atoms with Gasteiger partial charge in [-0.05, 0) is 91.9 Å². The van der Waals surface area contributed by atoms with Crippen molar-refractivity contribution in [3.05, 3.63) is 11.6 Å². The highest BCUT2D eigenvalue weighted by Crippen LogP contribution is 2.64. The van der Waals surface area contributed by atoms with Gasteiger partial charge < -0.3 is 4.74 Å². The molecule has 3 saturated carbocycles. The first-order valence-electron chi connectivity index (χ1n) is 14.8. The van der Waals surface area contributed by atoms with E-state index in [4.69, 9.17) is 4.74 Å². The van der Waals surface area contributed by atoms with Crippen molar-refractivity contribution in [2.75, 3.05) is 6.61 Å². The van der Waals surface area contributed by atoms with Gasteiger partial charge in [-0.3, -0.25) is 9.59 Å². The molecule has 0 spiro atoms. The number of ketones is 1. The Balaban J connectivity index is 1.23. The van der Waals surface area contributed by atoms with Gasteiger partial charge in [-0.1, -0.05) is 71.3 Å². The first-order valence-corrected chi connectivity index (χ1v) is 14.8. The Labute approximate surface area is 208 Å². The Morgan fingerprint density at radius 1 is 1.03 bits per heavy atom. The molecule has 4 aliphatic rings. The van der Waals surface area contributed by atoms with Crippen LogP contribution in [-0.2, 0) is 14.3 Å².